The molecule has 0 aliphatic carbocycles. The Morgan fingerprint density at radius 3 is 2.30 bits per heavy atom. The molecule has 0 bridgehead atoms. The van der Waals surface area contributed by atoms with E-state index < -0.39 is 17.9 Å². The number of likely N-dealkylation sites (N-methyl/N-ethyl adjacent to an activating group) is 2. The SMILES string of the molecule is CNC(=O)C(CCc1ccccc1)N(C)C(=O)[C@H](CC(=O)NO)CC(C)C. The lowest BCUT2D eigenvalue weighted by molar-refractivity contribution is -0.145. The average molecular weight is 377 g/mol. The third-order valence-electron chi connectivity index (χ3n) is 4.58. The highest BCUT2D eigenvalue weighted by molar-refractivity contribution is 5.90. The van der Waals surface area contributed by atoms with Crippen molar-refractivity contribution in [3.05, 3.63) is 35.9 Å². The second kappa shape index (κ2) is 11.3. The van der Waals surface area contributed by atoms with Gasteiger partial charge in [0.15, 0.2) is 0 Å². The van der Waals surface area contributed by atoms with E-state index in [1.807, 2.05) is 44.2 Å². The smallest absolute Gasteiger partial charge is 0.244 e. The van der Waals surface area contributed by atoms with Gasteiger partial charge in [-0.25, -0.2) is 5.48 Å². The number of benzene rings is 1. The minimum absolute atomic E-state index is 0.114. The van der Waals surface area contributed by atoms with Gasteiger partial charge in [0.2, 0.25) is 17.7 Å². The van der Waals surface area contributed by atoms with Crippen molar-refractivity contribution in [2.45, 2.75) is 45.6 Å². The van der Waals surface area contributed by atoms with E-state index in [1.54, 1.807) is 19.6 Å². The summed E-state index contributed by atoms with van der Waals surface area (Å²) in [6, 6.07) is 9.13. The van der Waals surface area contributed by atoms with Gasteiger partial charge in [0, 0.05) is 26.4 Å². The minimum Gasteiger partial charge on any atom is -0.357 e. The zero-order valence-electron chi connectivity index (χ0n) is 16.6. The van der Waals surface area contributed by atoms with Crippen LogP contribution in [-0.2, 0) is 20.8 Å². The third kappa shape index (κ3) is 7.38. The molecule has 0 aliphatic heterocycles. The summed E-state index contributed by atoms with van der Waals surface area (Å²) in [7, 11) is 3.14. The molecular formula is C20H31N3O4. The van der Waals surface area contributed by atoms with Crippen LogP contribution in [0.5, 0.6) is 0 Å². The second-order valence-corrected chi connectivity index (χ2v) is 7.17. The van der Waals surface area contributed by atoms with Gasteiger partial charge < -0.3 is 10.2 Å². The van der Waals surface area contributed by atoms with E-state index in [0.29, 0.717) is 19.3 Å². The Balaban J connectivity index is 2.92. The number of rotatable bonds is 10. The van der Waals surface area contributed by atoms with E-state index >= 15 is 0 Å². The molecule has 2 atom stereocenters. The maximum absolute atomic E-state index is 13.0. The maximum atomic E-state index is 13.0. The molecule has 0 spiro atoms. The summed E-state index contributed by atoms with van der Waals surface area (Å²) in [6.07, 6.45) is 1.52. The van der Waals surface area contributed by atoms with E-state index in [4.69, 9.17) is 5.21 Å². The fourth-order valence-electron chi connectivity index (χ4n) is 3.17. The predicted octanol–water partition coefficient (Wildman–Crippen LogP) is 1.75. The normalized spacial score (nSPS) is 13.0. The molecule has 3 N–H and O–H groups in total. The summed E-state index contributed by atoms with van der Waals surface area (Å²) in [6.45, 7) is 3.92. The van der Waals surface area contributed by atoms with Gasteiger partial charge in [-0.05, 0) is 30.7 Å². The molecule has 1 aromatic carbocycles. The van der Waals surface area contributed by atoms with E-state index in [9.17, 15) is 14.4 Å². The number of nitrogens with zero attached hydrogens (tertiary/aromatic N) is 1. The number of nitrogens with one attached hydrogen (secondary N) is 2. The first kappa shape index (κ1) is 22.6. The fourth-order valence-corrected chi connectivity index (χ4v) is 3.17. The van der Waals surface area contributed by atoms with Gasteiger partial charge in [-0.2, -0.15) is 0 Å². The average Bonchev–Trinajstić information content (AvgIpc) is 2.66. The zero-order valence-corrected chi connectivity index (χ0v) is 16.6. The van der Waals surface area contributed by atoms with Crippen LogP contribution in [0, 0.1) is 11.8 Å². The van der Waals surface area contributed by atoms with Gasteiger partial charge in [0.25, 0.3) is 0 Å². The molecule has 0 saturated carbocycles. The van der Waals surface area contributed by atoms with Crippen LogP contribution >= 0.6 is 0 Å². The third-order valence-corrected chi connectivity index (χ3v) is 4.58. The molecule has 0 fully saturated rings. The van der Waals surface area contributed by atoms with Crippen LogP contribution in [0.1, 0.15) is 38.7 Å². The van der Waals surface area contributed by atoms with Gasteiger partial charge >= 0.3 is 0 Å². The standard InChI is InChI=1S/C20H31N3O4/c1-14(2)12-16(13-18(24)22-27)20(26)23(4)17(19(25)21-3)11-10-15-8-6-5-7-9-15/h5-9,14,16-17,27H,10-13H2,1-4H3,(H,21,25)(H,22,24)/t16-,17?/m0/s1. The summed E-state index contributed by atoms with van der Waals surface area (Å²) in [5, 5.41) is 11.4. The van der Waals surface area contributed by atoms with Crippen LogP contribution in [0.4, 0.5) is 0 Å². The van der Waals surface area contributed by atoms with Crippen molar-refractivity contribution in [3.63, 3.8) is 0 Å². The van der Waals surface area contributed by atoms with Crippen molar-refractivity contribution in [1.29, 1.82) is 0 Å². The predicted molar refractivity (Wildman–Crippen MR) is 103 cm³/mol. The quantitative estimate of drug-likeness (QED) is 0.427. The Morgan fingerprint density at radius 1 is 1.15 bits per heavy atom. The molecule has 1 aromatic rings. The largest absolute Gasteiger partial charge is 0.357 e. The Kier molecular flexibility index (Phi) is 9.50. The number of hydrogen-bond donors (Lipinski definition) is 3. The topological polar surface area (TPSA) is 98.7 Å². The van der Waals surface area contributed by atoms with Crippen LogP contribution in [0.15, 0.2) is 30.3 Å². The summed E-state index contributed by atoms with van der Waals surface area (Å²) in [5.74, 6) is -1.51. The van der Waals surface area contributed by atoms with Crippen molar-refractivity contribution in [2.24, 2.45) is 11.8 Å². The number of aryl methyl sites for hydroxylation is 1. The van der Waals surface area contributed by atoms with Crippen molar-refractivity contribution in [2.75, 3.05) is 14.1 Å². The number of carbonyl (C=O) groups is 3. The Hall–Kier alpha value is -2.41. The molecule has 150 valence electrons. The maximum Gasteiger partial charge on any atom is 0.244 e. The van der Waals surface area contributed by atoms with Crippen molar-refractivity contribution >= 4 is 17.7 Å². The van der Waals surface area contributed by atoms with E-state index in [-0.39, 0.29) is 24.2 Å². The van der Waals surface area contributed by atoms with Gasteiger partial charge in [0.1, 0.15) is 6.04 Å². The van der Waals surface area contributed by atoms with Gasteiger partial charge in [-0.3, -0.25) is 19.6 Å². The molecule has 0 aromatic heterocycles. The zero-order chi connectivity index (χ0) is 20.4. The molecule has 3 amide bonds. The van der Waals surface area contributed by atoms with Crippen molar-refractivity contribution in [3.8, 4) is 0 Å². The molecule has 7 heteroatoms. The molecule has 0 aliphatic rings. The Bertz CT molecular complexity index is 619. The van der Waals surface area contributed by atoms with Gasteiger partial charge in [-0.15, -0.1) is 0 Å². The van der Waals surface area contributed by atoms with Crippen LogP contribution in [0.25, 0.3) is 0 Å². The van der Waals surface area contributed by atoms with Gasteiger partial charge in [-0.1, -0.05) is 44.2 Å². The highest BCUT2D eigenvalue weighted by atomic mass is 16.5. The van der Waals surface area contributed by atoms with E-state index in [1.165, 1.54) is 4.90 Å². The Morgan fingerprint density at radius 2 is 1.78 bits per heavy atom. The lowest BCUT2D eigenvalue weighted by Crippen LogP contribution is -2.49. The molecule has 7 nitrogen and oxygen atoms in total. The molecule has 0 saturated heterocycles. The Labute approximate surface area is 161 Å². The van der Waals surface area contributed by atoms with Crippen LogP contribution in [0.2, 0.25) is 0 Å². The highest BCUT2D eigenvalue weighted by Crippen LogP contribution is 2.20. The first-order valence-corrected chi connectivity index (χ1v) is 9.25. The molecule has 1 unspecified atom stereocenters. The van der Waals surface area contributed by atoms with E-state index in [2.05, 4.69) is 5.32 Å². The lowest BCUT2D eigenvalue weighted by atomic mass is 9.91. The molecule has 0 radical (unpaired) electrons. The summed E-state index contributed by atoms with van der Waals surface area (Å²) in [5.41, 5.74) is 2.67. The minimum atomic E-state index is -0.630. The van der Waals surface area contributed by atoms with Crippen molar-refractivity contribution < 1.29 is 19.6 Å². The van der Waals surface area contributed by atoms with Crippen LogP contribution in [0.3, 0.4) is 0 Å². The number of carbonyl (C=O) groups excluding carboxylic acids is 3. The summed E-state index contributed by atoms with van der Waals surface area (Å²) < 4.78 is 0. The number of hydroxylamine groups is 1. The van der Waals surface area contributed by atoms with Crippen molar-refractivity contribution in [1.82, 2.24) is 15.7 Å². The summed E-state index contributed by atoms with van der Waals surface area (Å²) in [4.78, 5) is 38.4. The number of hydrogen-bond acceptors (Lipinski definition) is 4. The number of amides is 3. The first-order chi connectivity index (χ1) is 12.8. The molecule has 27 heavy (non-hydrogen) atoms. The summed E-state index contributed by atoms with van der Waals surface area (Å²) >= 11 is 0. The van der Waals surface area contributed by atoms with Crippen LogP contribution < -0.4 is 10.8 Å². The molecule has 0 heterocycles. The lowest BCUT2D eigenvalue weighted by Gasteiger charge is -2.30. The van der Waals surface area contributed by atoms with Gasteiger partial charge in [0.05, 0.1) is 0 Å². The highest BCUT2D eigenvalue weighted by Gasteiger charge is 2.32. The van der Waals surface area contributed by atoms with E-state index in [0.717, 1.165) is 5.56 Å². The first-order valence-electron chi connectivity index (χ1n) is 9.25. The fraction of sp³-hybridized carbons (Fsp3) is 0.550. The monoisotopic (exact) mass is 377 g/mol. The molecule has 1 rings (SSSR count). The molecular weight excluding hydrogens is 346 g/mol. The van der Waals surface area contributed by atoms with Crippen LogP contribution in [-0.4, -0.2) is 48.0 Å². The second-order valence-electron chi connectivity index (χ2n) is 7.17.